The first kappa shape index (κ1) is 28.9. The second kappa shape index (κ2) is 11.8. The van der Waals surface area contributed by atoms with Crippen LogP contribution >= 0.6 is 0 Å². The molecule has 226 valence electrons. The number of nitrogens with zero attached hydrogens (tertiary/aromatic N) is 6. The van der Waals surface area contributed by atoms with Gasteiger partial charge in [0.15, 0.2) is 17.3 Å². The maximum absolute atomic E-state index is 15.3. The highest BCUT2D eigenvalue weighted by molar-refractivity contribution is 6.03. The zero-order valence-corrected chi connectivity index (χ0v) is 23.8. The Morgan fingerprint density at radius 1 is 0.889 bits per heavy atom. The van der Waals surface area contributed by atoms with Crippen LogP contribution in [0.2, 0.25) is 0 Å². The second-order valence-electron chi connectivity index (χ2n) is 10.1. The molecule has 1 amide bonds. The summed E-state index contributed by atoms with van der Waals surface area (Å²) in [4.78, 5) is 47.9. The summed E-state index contributed by atoms with van der Waals surface area (Å²) in [5.41, 5.74) is -0.774. The fraction of sp³-hybridized carbons (Fsp3) is 0.0968. The molecule has 12 nitrogen and oxygen atoms in total. The largest absolute Gasteiger partial charge is 0.452 e. The van der Waals surface area contributed by atoms with Crippen molar-refractivity contribution in [1.29, 1.82) is 0 Å². The van der Waals surface area contributed by atoms with Gasteiger partial charge in [0.2, 0.25) is 5.95 Å². The number of hydrogen-bond donors (Lipinski definition) is 2. The molecule has 45 heavy (non-hydrogen) atoms. The Morgan fingerprint density at radius 3 is 2.36 bits per heavy atom. The number of carbonyl (C=O) groups excluding carboxylic acids is 1. The van der Waals surface area contributed by atoms with Crippen molar-refractivity contribution in [3.63, 3.8) is 0 Å². The van der Waals surface area contributed by atoms with Crippen molar-refractivity contribution in [1.82, 2.24) is 28.7 Å². The van der Waals surface area contributed by atoms with Gasteiger partial charge in [-0.3, -0.25) is 14.2 Å². The molecule has 2 N–H and O–H groups in total. The number of aromatic nitrogens is 6. The van der Waals surface area contributed by atoms with E-state index >= 15 is 4.39 Å². The molecule has 0 aliphatic rings. The Hall–Kier alpha value is -6.18. The molecule has 0 aliphatic heterocycles. The second-order valence-corrected chi connectivity index (χ2v) is 10.1. The predicted octanol–water partition coefficient (Wildman–Crippen LogP) is 5.08. The van der Waals surface area contributed by atoms with Crippen molar-refractivity contribution in [3.05, 3.63) is 130 Å². The van der Waals surface area contributed by atoms with Gasteiger partial charge in [-0.2, -0.15) is 5.10 Å². The van der Waals surface area contributed by atoms with Crippen molar-refractivity contribution < 1.29 is 18.3 Å². The van der Waals surface area contributed by atoms with Gasteiger partial charge in [0.1, 0.15) is 16.9 Å². The average molecular weight is 611 g/mol. The lowest BCUT2D eigenvalue weighted by molar-refractivity contribution is 0.102. The molecule has 0 radical (unpaired) electrons. The van der Waals surface area contributed by atoms with Gasteiger partial charge in [-0.05, 0) is 62.4 Å². The number of benzene rings is 2. The number of amides is 1. The van der Waals surface area contributed by atoms with E-state index in [0.717, 1.165) is 29.0 Å². The summed E-state index contributed by atoms with van der Waals surface area (Å²) < 4.78 is 38.3. The number of pyridine rings is 1. The van der Waals surface area contributed by atoms with E-state index in [2.05, 4.69) is 25.7 Å². The first-order chi connectivity index (χ1) is 21.7. The fourth-order valence-electron chi connectivity index (χ4n) is 4.53. The monoisotopic (exact) mass is 610 g/mol. The molecule has 0 atom stereocenters. The smallest absolute Gasteiger partial charge is 0.335 e. The number of anilines is 3. The molecule has 6 aromatic rings. The first-order valence-corrected chi connectivity index (χ1v) is 13.6. The van der Waals surface area contributed by atoms with E-state index in [-0.39, 0.29) is 28.4 Å². The summed E-state index contributed by atoms with van der Waals surface area (Å²) in [6.45, 7) is 3.41. The van der Waals surface area contributed by atoms with Gasteiger partial charge in [-0.1, -0.05) is 0 Å². The van der Waals surface area contributed by atoms with Crippen LogP contribution in [0.4, 0.5) is 26.1 Å². The lowest BCUT2D eigenvalue weighted by atomic mass is 10.2. The molecule has 0 bridgehead atoms. The van der Waals surface area contributed by atoms with Crippen LogP contribution in [0, 0.1) is 11.6 Å². The van der Waals surface area contributed by atoms with Crippen LogP contribution in [0.25, 0.3) is 11.2 Å². The number of ether oxygens (including phenoxy) is 1. The number of halogens is 2. The van der Waals surface area contributed by atoms with Gasteiger partial charge in [0.25, 0.3) is 11.5 Å². The molecular formula is C31H24F2N8O4. The van der Waals surface area contributed by atoms with Gasteiger partial charge < -0.3 is 15.4 Å². The van der Waals surface area contributed by atoms with E-state index in [1.165, 1.54) is 28.8 Å². The molecule has 0 saturated carbocycles. The Labute approximate surface area is 253 Å². The highest BCUT2D eigenvalue weighted by atomic mass is 19.1. The van der Waals surface area contributed by atoms with Crippen LogP contribution in [-0.2, 0) is 0 Å². The highest BCUT2D eigenvalue weighted by Crippen LogP contribution is 2.32. The van der Waals surface area contributed by atoms with E-state index < -0.39 is 34.8 Å². The van der Waals surface area contributed by atoms with Crippen LogP contribution in [0.1, 0.15) is 30.2 Å². The summed E-state index contributed by atoms with van der Waals surface area (Å²) in [6, 6.07) is 13.1. The van der Waals surface area contributed by atoms with Gasteiger partial charge >= 0.3 is 5.69 Å². The molecule has 0 unspecified atom stereocenters. The minimum atomic E-state index is -0.916. The van der Waals surface area contributed by atoms with Crippen LogP contribution < -0.4 is 26.6 Å². The number of hydrogen-bond acceptors (Lipinski definition) is 8. The predicted molar refractivity (Wildman–Crippen MR) is 162 cm³/mol. The standard InChI is InChI=1S/C31H24F2N8O4/c1-18(2)39-17-23(29(43)41(31(39)44)22-7-4-19(32)5-8-22)28(42)37-20-6-9-26(24(33)14-20)45-27-15-21(16-40-25(27)10-13-36-40)38-30-34-11-3-12-35-30/h3-18H,1-2H3,(H,37,42)(H,34,35,38). The third-order valence-corrected chi connectivity index (χ3v) is 6.70. The van der Waals surface area contributed by atoms with Gasteiger partial charge in [0.05, 0.1) is 23.8 Å². The van der Waals surface area contributed by atoms with Crippen LogP contribution in [0.3, 0.4) is 0 Å². The maximum Gasteiger partial charge on any atom is 0.335 e. The Morgan fingerprint density at radius 2 is 1.64 bits per heavy atom. The molecule has 0 aliphatic carbocycles. The summed E-state index contributed by atoms with van der Waals surface area (Å²) in [7, 11) is 0. The molecular weight excluding hydrogens is 586 g/mol. The first-order valence-electron chi connectivity index (χ1n) is 13.6. The van der Waals surface area contributed by atoms with Crippen molar-refractivity contribution in [2.24, 2.45) is 0 Å². The topological polar surface area (TPSA) is 137 Å². The van der Waals surface area contributed by atoms with Crippen molar-refractivity contribution in [2.45, 2.75) is 19.9 Å². The van der Waals surface area contributed by atoms with Gasteiger partial charge in [-0.15, -0.1) is 0 Å². The molecule has 14 heteroatoms. The third kappa shape index (κ3) is 5.88. The molecule has 0 fully saturated rings. The van der Waals surface area contributed by atoms with Crippen molar-refractivity contribution >= 4 is 28.7 Å². The molecule has 4 aromatic heterocycles. The van der Waals surface area contributed by atoms with Gasteiger partial charge in [-0.25, -0.2) is 32.6 Å². The number of nitrogens with one attached hydrogen (secondary N) is 2. The van der Waals surface area contributed by atoms with E-state index in [1.54, 1.807) is 61.3 Å². The normalized spacial score (nSPS) is 11.1. The molecule has 2 aromatic carbocycles. The number of carbonyl (C=O) groups is 1. The van der Waals surface area contributed by atoms with Crippen LogP contribution in [0.15, 0.2) is 101 Å². The fourth-order valence-corrected chi connectivity index (χ4v) is 4.53. The zero-order chi connectivity index (χ0) is 31.7. The maximum atomic E-state index is 15.3. The molecule has 0 spiro atoms. The minimum absolute atomic E-state index is 0.0334. The summed E-state index contributed by atoms with van der Waals surface area (Å²) in [5.74, 6) is -1.75. The highest BCUT2D eigenvalue weighted by Gasteiger charge is 2.21. The Bertz CT molecular complexity index is 2160. The van der Waals surface area contributed by atoms with E-state index in [1.807, 2.05) is 0 Å². The SMILES string of the molecule is CC(C)n1cc(C(=O)Nc2ccc(Oc3cc(Nc4ncccn4)cn4nccc34)c(F)c2)c(=O)n(-c2ccc(F)cc2)c1=O. The van der Waals surface area contributed by atoms with E-state index in [9.17, 15) is 18.8 Å². The van der Waals surface area contributed by atoms with Crippen molar-refractivity contribution in [2.75, 3.05) is 10.6 Å². The van der Waals surface area contributed by atoms with E-state index in [0.29, 0.717) is 17.2 Å². The molecule has 0 saturated heterocycles. The van der Waals surface area contributed by atoms with Crippen LogP contribution in [0.5, 0.6) is 11.5 Å². The third-order valence-electron chi connectivity index (χ3n) is 6.70. The lowest BCUT2D eigenvalue weighted by Gasteiger charge is -2.16. The number of fused-ring (bicyclic) bond motifs is 1. The van der Waals surface area contributed by atoms with Crippen LogP contribution in [-0.4, -0.2) is 34.6 Å². The summed E-state index contributed by atoms with van der Waals surface area (Å²) in [6.07, 6.45) is 7.57. The Kier molecular flexibility index (Phi) is 7.61. The van der Waals surface area contributed by atoms with E-state index in [4.69, 9.17) is 4.74 Å². The average Bonchev–Trinajstić information content (AvgIpc) is 3.49. The Balaban J connectivity index is 1.28. The quantitative estimate of drug-likeness (QED) is 0.243. The lowest BCUT2D eigenvalue weighted by Crippen LogP contribution is -2.42. The minimum Gasteiger partial charge on any atom is -0.452 e. The summed E-state index contributed by atoms with van der Waals surface area (Å²) in [5, 5.41) is 9.77. The van der Waals surface area contributed by atoms with Crippen molar-refractivity contribution in [3.8, 4) is 17.2 Å². The molecule has 6 rings (SSSR count). The molecule has 4 heterocycles. The summed E-state index contributed by atoms with van der Waals surface area (Å²) >= 11 is 0. The zero-order valence-electron chi connectivity index (χ0n) is 23.8. The van der Waals surface area contributed by atoms with Gasteiger partial charge in [0, 0.05) is 42.5 Å². The number of rotatable bonds is 8.